The maximum atomic E-state index is 8.81. The highest BCUT2D eigenvalue weighted by atomic mass is 79.9. The first-order chi connectivity index (χ1) is 7.19. The van der Waals surface area contributed by atoms with E-state index in [0.29, 0.717) is 0 Å². The second-order valence-corrected chi connectivity index (χ2v) is 4.33. The molecule has 0 unspecified atom stereocenters. The molecule has 1 N–H and O–H groups in total. The van der Waals surface area contributed by atoms with Gasteiger partial charge in [-0.1, -0.05) is 0 Å². The van der Waals surface area contributed by atoms with Crippen molar-refractivity contribution in [1.82, 2.24) is 4.98 Å². The van der Waals surface area contributed by atoms with Gasteiger partial charge >= 0.3 is 0 Å². The second-order valence-electron chi connectivity index (χ2n) is 3.47. The summed E-state index contributed by atoms with van der Waals surface area (Å²) in [6, 6.07) is 2.06. The Kier molecular flexibility index (Phi) is 5.05. The van der Waals surface area contributed by atoms with Gasteiger partial charge in [0.1, 0.15) is 5.82 Å². The van der Waals surface area contributed by atoms with Gasteiger partial charge in [-0.3, -0.25) is 0 Å². The van der Waals surface area contributed by atoms with Crippen LogP contribution in [-0.2, 0) is 0 Å². The number of aryl methyl sites for hydroxylation is 1. The Hall–Kier alpha value is -0.610. The van der Waals surface area contributed by atoms with E-state index in [2.05, 4.69) is 38.8 Å². The maximum Gasteiger partial charge on any atom is 0.142 e. The third-order valence-corrected chi connectivity index (χ3v) is 2.81. The van der Waals surface area contributed by atoms with Crippen molar-refractivity contribution in [2.24, 2.45) is 0 Å². The summed E-state index contributed by atoms with van der Waals surface area (Å²) in [5.41, 5.74) is 1.14. The van der Waals surface area contributed by atoms with Gasteiger partial charge in [-0.2, -0.15) is 0 Å². The molecule has 0 spiro atoms. The number of hydrogen-bond acceptors (Lipinski definition) is 3. The van der Waals surface area contributed by atoms with Crippen molar-refractivity contribution in [3.8, 4) is 0 Å². The Labute approximate surface area is 99.3 Å². The van der Waals surface area contributed by atoms with Crippen LogP contribution in [0.25, 0.3) is 0 Å². The van der Waals surface area contributed by atoms with Crippen molar-refractivity contribution in [2.75, 3.05) is 24.6 Å². The lowest BCUT2D eigenvalue weighted by Gasteiger charge is -2.22. The highest BCUT2D eigenvalue weighted by Crippen LogP contribution is 2.24. The van der Waals surface area contributed by atoms with Gasteiger partial charge in [0.15, 0.2) is 0 Å². The molecule has 1 rings (SSSR count). The quantitative estimate of drug-likeness (QED) is 0.894. The summed E-state index contributed by atoms with van der Waals surface area (Å²) in [7, 11) is 0. The molecule has 0 aliphatic rings. The van der Waals surface area contributed by atoms with E-state index < -0.39 is 0 Å². The molecule has 0 atom stereocenters. The number of halogens is 1. The molecular formula is C11H17BrN2O. The van der Waals surface area contributed by atoms with E-state index >= 15 is 0 Å². The molecule has 0 saturated carbocycles. The predicted molar refractivity (Wildman–Crippen MR) is 66.3 cm³/mol. The van der Waals surface area contributed by atoms with Gasteiger partial charge < -0.3 is 10.0 Å². The lowest BCUT2D eigenvalue weighted by atomic mass is 10.3. The molecule has 0 bridgehead atoms. The fourth-order valence-corrected chi connectivity index (χ4v) is 2.15. The minimum absolute atomic E-state index is 0.222. The first kappa shape index (κ1) is 12.5. The number of hydrogen-bond donors (Lipinski definition) is 1. The first-order valence-electron chi connectivity index (χ1n) is 5.17. The number of nitrogens with zero attached hydrogens (tertiary/aromatic N) is 2. The van der Waals surface area contributed by atoms with E-state index in [1.807, 2.05) is 13.1 Å². The number of rotatable bonds is 5. The standard InChI is InChI=1S/C11H17BrN2O/c1-3-14(5-4-6-15)11-10(12)7-9(2)8-13-11/h7-8,15H,3-6H2,1-2H3. The first-order valence-corrected chi connectivity index (χ1v) is 5.96. The van der Waals surface area contributed by atoms with Crippen LogP contribution in [0, 0.1) is 6.92 Å². The van der Waals surface area contributed by atoms with Crippen LogP contribution in [-0.4, -0.2) is 29.8 Å². The maximum absolute atomic E-state index is 8.81. The van der Waals surface area contributed by atoms with E-state index in [0.717, 1.165) is 35.4 Å². The van der Waals surface area contributed by atoms with Crippen molar-refractivity contribution >= 4 is 21.7 Å². The molecule has 1 heterocycles. The number of aliphatic hydroxyl groups excluding tert-OH is 1. The lowest BCUT2D eigenvalue weighted by molar-refractivity contribution is 0.289. The van der Waals surface area contributed by atoms with Gasteiger partial charge in [-0.15, -0.1) is 0 Å². The minimum atomic E-state index is 0.222. The highest BCUT2D eigenvalue weighted by Gasteiger charge is 2.09. The van der Waals surface area contributed by atoms with Crippen LogP contribution in [0.5, 0.6) is 0 Å². The molecular weight excluding hydrogens is 256 g/mol. The van der Waals surface area contributed by atoms with Crippen molar-refractivity contribution in [3.05, 3.63) is 22.3 Å². The minimum Gasteiger partial charge on any atom is -0.396 e. The topological polar surface area (TPSA) is 36.4 Å². The van der Waals surface area contributed by atoms with Crippen molar-refractivity contribution in [1.29, 1.82) is 0 Å². The fourth-order valence-electron chi connectivity index (χ4n) is 1.43. The van der Waals surface area contributed by atoms with Gasteiger partial charge in [0.2, 0.25) is 0 Å². The number of aliphatic hydroxyl groups is 1. The molecule has 1 aromatic heterocycles. The van der Waals surface area contributed by atoms with E-state index in [1.54, 1.807) is 0 Å². The summed E-state index contributed by atoms with van der Waals surface area (Å²) in [6.45, 7) is 6.06. The molecule has 0 fully saturated rings. The van der Waals surface area contributed by atoms with Crippen molar-refractivity contribution in [2.45, 2.75) is 20.3 Å². The zero-order chi connectivity index (χ0) is 11.3. The van der Waals surface area contributed by atoms with Gasteiger partial charge in [-0.25, -0.2) is 4.98 Å². The average Bonchev–Trinajstić information content (AvgIpc) is 2.21. The highest BCUT2D eigenvalue weighted by molar-refractivity contribution is 9.10. The Morgan fingerprint density at radius 3 is 2.80 bits per heavy atom. The van der Waals surface area contributed by atoms with Gasteiger partial charge in [-0.05, 0) is 47.8 Å². The SMILES string of the molecule is CCN(CCCO)c1ncc(C)cc1Br. The normalized spacial score (nSPS) is 10.4. The number of anilines is 1. The summed E-state index contributed by atoms with van der Waals surface area (Å²) in [5, 5.41) is 8.81. The number of pyridine rings is 1. The molecule has 1 aromatic rings. The van der Waals surface area contributed by atoms with E-state index in [4.69, 9.17) is 5.11 Å². The van der Waals surface area contributed by atoms with Crippen LogP contribution in [0.2, 0.25) is 0 Å². The summed E-state index contributed by atoms with van der Waals surface area (Å²) in [5.74, 6) is 0.955. The van der Waals surface area contributed by atoms with Crippen LogP contribution in [0.15, 0.2) is 16.7 Å². The van der Waals surface area contributed by atoms with Crippen molar-refractivity contribution < 1.29 is 5.11 Å². The molecule has 3 nitrogen and oxygen atoms in total. The Morgan fingerprint density at radius 2 is 2.27 bits per heavy atom. The number of aromatic nitrogens is 1. The molecule has 84 valence electrons. The Bertz CT molecular complexity index is 317. The van der Waals surface area contributed by atoms with Crippen LogP contribution in [0.1, 0.15) is 18.9 Å². The summed E-state index contributed by atoms with van der Waals surface area (Å²) < 4.78 is 1.02. The molecule has 4 heteroatoms. The molecule has 0 radical (unpaired) electrons. The smallest absolute Gasteiger partial charge is 0.142 e. The van der Waals surface area contributed by atoms with Crippen LogP contribution < -0.4 is 4.90 Å². The molecule has 0 saturated heterocycles. The monoisotopic (exact) mass is 272 g/mol. The summed E-state index contributed by atoms with van der Waals surface area (Å²) >= 11 is 3.51. The third kappa shape index (κ3) is 3.47. The van der Waals surface area contributed by atoms with E-state index in [-0.39, 0.29) is 6.61 Å². The van der Waals surface area contributed by atoms with E-state index in [9.17, 15) is 0 Å². The molecule has 15 heavy (non-hydrogen) atoms. The average molecular weight is 273 g/mol. The van der Waals surface area contributed by atoms with Crippen LogP contribution >= 0.6 is 15.9 Å². The van der Waals surface area contributed by atoms with Crippen LogP contribution in [0.4, 0.5) is 5.82 Å². The van der Waals surface area contributed by atoms with Gasteiger partial charge in [0.25, 0.3) is 0 Å². The zero-order valence-electron chi connectivity index (χ0n) is 9.20. The largest absolute Gasteiger partial charge is 0.396 e. The summed E-state index contributed by atoms with van der Waals surface area (Å²) in [4.78, 5) is 6.55. The molecule has 0 aliphatic carbocycles. The Morgan fingerprint density at radius 1 is 1.53 bits per heavy atom. The van der Waals surface area contributed by atoms with Crippen LogP contribution in [0.3, 0.4) is 0 Å². The lowest BCUT2D eigenvalue weighted by Crippen LogP contribution is -2.26. The zero-order valence-corrected chi connectivity index (χ0v) is 10.8. The predicted octanol–water partition coefficient (Wildman–Crippen LogP) is 2.36. The molecule has 0 aliphatic heterocycles. The molecule has 0 amide bonds. The summed E-state index contributed by atoms with van der Waals surface area (Å²) in [6.07, 6.45) is 2.64. The Balaban J connectivity index is 2.81. The molecule has 0 aromatic carbocycles. The van der Waals surface area contributed by atoms with Crippen molar-refractivity contribution in [3.63, 3.8) is 0 Å². The third-order valence-electron chi connectivity index (χ3n) is 2.23. The van der Waals surface area contributed by atoms with E-state index in [1.165, 1.54) is 0 Å². The second kappa shape index (κ2) is 6.08. The fraction of sp³-hybridized carbons (Fsp3) is 0.545. The van der Waals surface area contributed by atoms with Gasteiger partial charge in [0, 0.05) is 25.9 Å². The van der Waals surface area contributed by atoms with Gasteiger partial charge in [0.05, 0.1) is 4.47 Å².